The highest BCUT2D eigenvalue weighted by Crippen LogP contribution is 2.38. The topological polar surface area (TPSA) is 61.7 Å². The normalized spacial score (nSPS) is 10.9. The van der Waals surface area contributed by atoms with Gasteiger partial charge in [-0.05, 0) is 78.7 Å². The lowest BCUT2D eigenvalue weighted by atomic mass is 10.2. The molecule has 2 N–H and O–H groups in total. The Morgan fingerprint density at radius 2 is 1.95 bits per heavy atom. The number of carbonyl (C=O) groups is 1. The molecule has 0 spiro atoms. The van der Waals surface area contributed by atoms with Gasteiger partial charge in [0.1, 0.15) is 5.75 Å². The number of nitrogens with zero attached hydrogens (tertiary/aromatic N) is 1. The largest absolute Gasteiger partial charge is 0.506 e. The lowest BCUT2D eigenvalue weighted by Crippen LogP contribution is -2.17. The van der Waals surface area contributed by atoms with Crippen molar-refractivity contribution < 1.29 is 9.90 Å². The number of hydrazone groups is 1. The summed E-state index contributed by atoms with van der Waals surface area (Å²) in [6, 6.07) is 8.88. The number of halogens is 4. The number of rotatable bonds is 3. The number of hydrogen-bond donors (Lipinski definition) is 2. The Kier molecular flexibility index (Phi) is 6.42. The first-order chi connectivity index (χ1) is 10.4. The summed E-state index contributed by atoms with van der Waals surface area (Å²) in [4.78, 5) is 12.0. The smallest absolute Gasteiger partial charge is 0.271 e. The van der Waals surface area contributed by atoms with Crippen molar-refractivity contribution in [2.24, 2.45) is 5.10 Å². The molecule has 0 radical (unpaired) electrons. The fourth-order valence-electron chi connectivity index (χ4n) is 1.56. The third-order valence-corrected chi connectivity index (χ3v) is 5.36. The quantitative estimate of drug-likeness (QED) is 0.294. The highest BCUT2D eigenvalue weighted by molar-refractivity contribution is 14.1. The van der Waals surface area contributed by atoms with E-state index in [2.05, 4.69) is 80.9 Å². The Morgan fingerprint density at radius 1 is 1.23 bits per heavy atom. The molecule has 0 unspecified atom stereocenters. The molecule has 2 aromatic carbocycles. The number of hydrogen-bond acceptors (Lipinski definition) is 3. The van der Waals surface area contributed by atoms with Crippen molar-refractivity contribution in [3.8, 4) is 5.75 Å². The summed E-state index contributed by atoms with van der Waals surface area (Å²) in [5.74, 6) is -0.239. The predicted octanol–water partition coefficient (Wildman–Crippen LogP) is 5.05. The molecular formula is C14H8Br3IN2O2. The van der Waals surface area contributed by atoms with Gasteiger partial charge in [-0.2, -0.15) is 5.10 Å². The second kappa shape index (κ2) is 7.89. The average molecular weight is 603 g/mol. The van der Waals surface area contributed by atoms with Crippen LogP contribution in [0, 0.1) is 3.57 Å². The summed E-state index contributed by atoms with van der Waals surface area (Å²) < 4.78 is 2.71. The highest BCUT2D eigenvalue weighted by Gasteiger charge is 2.12. The minimum absolute atomic E-state index is 0.0635. The third-order valence-electron chi connectivity index (χ3n) is 2.63. The molecule has 1 amide bonds. The summed E-state index contributed by atoms with van der Waals surface area (Å²) in [6.07, 6.45) is 1.45. The molecule has 0 aromatic heterocycles. The molecule has 0 bridgehead atoms. The van der Waals surface area contributed by atoms with Crippen LogP contribution in [0.25, 0.3) is 0 Å². The third kappa shape index (κ3) is 4.30. The molecule has 0 saturated carbocycles. The number of nitrogens with one attached hydrogen (secondary N) is 1. The maximum absolute atomic E-state index is 12.0. The number of phenolic OH excluding ortho intramolecular Hbond substituents is 1. The van der Waals surface area contributed by atoms with Crippen molar-refractivity contribution in [2.45, 2.75) is 0 Å². The summed E-state index contributed by atoms with van der Waals surface area (Å²) in [5, 5.41) is 13.8. The zero-order valence-electron chi connectivity index (χ0n) is 10.8. The van der Waals surface area contributed by atoms with Gasteiger partial charge in [0.2, 0.25) is 0 Å². The van der Waals surface area contributed by atoms with Crippen LogP contribution >= 0.6 is 70.4 Å². The first-order valence-corrected chi connectivity index (χ1v) is 9.31. The van der Waals surface area contributed by atoms with Gasteiger partial charge < -0.3 is 5.11 Å². The summed E-state index contributed by atoms with van der Waals surface area (Å²) >= 11 is 12.0. The fraction of sp³-hybridized carbons (Fsp3) is 0. The van der Waals surface area contributed by atoms with Crippen LogP contribution < -0.4 is 5.43 Å². The lowest BCUT2D eigenvalue weighted by Gasteiger charge is -2.06. The molecule has 114 valence electrons. The molecule has 0 saturated heterocycles. The second-order valence-electron chi connectivity index (χ2n) is 4.13. The maximum atomic E-state index is 12.0. The van der Waals surface area contributed by atoms with Gasteiger partial charge in [0.15, 0.2) is 0 Å². The number of carbonyl (C=O) groups excluding carboxylic acids is 1. The first kappa shape index (κ1) is 17.9. The van der Waals surface area contributed by atoms with E-state index < -0.39 is 0 Å². The van der Waals surface area contributed by atoms with Crippen molar-refractivity contribution >= 4 is 82.5 Å². The molecule has 0 fully saturated rings. The van der Waals surface area contributed by atoms with Gasteiger partial charge in [0.05, 0.1) is 15.2 Å². The van der Waals surface area contributed by atoms with Gasteiger partial charge >= 0.3 is 0 Å². The number of amides is 1. The number of aromatic hydroxyl groups is 1. The van der Waals surface area contributed by atoms with Crippen LogP contribution in [0.3, 0.4) is 0 Å². The molecule has 0 aliphatic rings. The first-order valence-electron chi connectivity index (χ1n) is 5.85. The van der Waals surface area contributed by atoms with E-state index >= 15 is 0 Å². The second-order valence-corrected chi connectivity index (χ2v) is 7.87. The Bertz CT molecular complexity index is 766. The Labute approximate surface area is 165 Å². The van der Waals surface area contributed by atoms with Crippen LogP contribution in [0.15, 0.2) is 48.9 Å². The molecule has 0 heterocycles. The minimum atomic E-state index is -0.302. The van der Waals surface area contributed by atoms with Crippen LogP contribution in [-0.4, -0.2) is 17.2 Å². The van der Waals surface area contributed by atoms with Gasteiger partial charge in [-0.3, -0.25) is 4.79 Å². The van der Waals surface area contributed by atoms with E-state index in [0.717, 1.165) is 8.04 Å². The van der Waals surface area contributed by atoms with Crippen LogP contribution in [0.5, 0.6) is 5.75 Å². The predicted molar refractivity (Wildman–Crippen MR) is 105 cm³/mol. The lowest BCUT2D eigenvalue weighted by molar-refractivity contribution is 0.0955. The Balaban J connectivity index is 2.17. The van der Waals surface area contributed by atoms with E-state index in [1.165, 1.54) is 6.21 Å². The van der Waals surface area contributed by atoms with Gasteiger partial charge in [0.25, 0.3) is 5.91 Å². The van der Waals surface area contributed by atoms with Crippen LogP contribution in [0.4, 0.5) is 0 Å². The fourth-order valence-corrected chi connectivity index (χ4v) is 4.43. The zero-order valence-corrected chi connectivity index (χ0v) is 17.7. The summed E-state index contributed by atoms with van der Waals surface area (Å²) in [7, 11) is 0. The standard InChI is InChI=1S/C14H8Br3IN2O2/c15-10-5-11(16)13(21)12(17)9(10)6-19-20-14(22)7-2-1-3-8(18)4-7/h1-6,21H,(H,20,22)/b19-6-. The molecule has 0 aliphatic carbocycles. The van der Waals surface area contributed by atoms with Crippen molar-refractivity contribution in [2.75, 3.05) is 0 Å². The van der Waals surface area contributed by atoms with Crippen LogP contribution in [0.2, 0.25) is 0 Å². The van der Waals surface area contributed by atoms with Crippen molar-refractivity contribution in [1.29, 1.82) is 0 Å². The van der Waals surface area contributed by atoms with Gasteiger partial charge in [-0.25, -0.2) is 5.43 Å². The Morgan fingerprint density at radius 3 is 2.64 bits per heavy atom. The number of benzene rings is 2. The minimum Gasteiger partial charge on any atom is -0.506 e. The van der Waals surface area contributed by atoms with Crippen molar-refractivity contribution in [3.05, 3.63) is 58.4 Å². The zero-order chi connectivity index (χ0) is 16.3. The highest BCUT2D eigenvalue weighted by atomic mass is 127. The molecule has 0 atom stereocenters. The molecule has 22 heavy (non-hydrogen) atoms. The van der Waals surface area contributed by atoms with E-state index in [-0.39, 0.29) is 11.7 Å². The molecular weight excluding hydrogens is 595 g/mol. The summed E-state index contributed by atoms with van der Waals surface area (Å²) in [5.41, 5.74) is 3.60. The molecule has 2 rings (SSSR count). The van der Waals surface area contributed by atoms with E-state index in [1.54, 1.807) is 24.3 Å². The molecule has 8 heteroatoms. The monoisotopic (exact) mass is 600 g/mol. The van der Waals surface area contributed by atoms with E-state index in [1.807, 2.05) is 6.07 Å². The van der Waals surface area contributed by atoms with Crippen LogP contribution in [0.1, 0.15) is 15.9 Å². The van der Waals surface area contributed by atoms with E-state index in [9.17, 15) is 9.90 Å². The van der Waals surface area contributed by atoms with Gasteiger partial charge in [-0.1, -0.05) is 22.0 Å². The Hall–Kier alpha value is -0.450. The number of phenols is 1. The van der Waals surface area contributed by atoms with Crippen LogP contribution in [-0.2, 0) is 0 Å². The van der Waals surface area contributed by atoms with Gasteiger partial charge in [-0.15, -0.1) is 0 Å². The molecule has 2 aromatic rings. The summed E-state index contributed by atoms with van der Waals surface area (Å²) in [6.45, 7) is 0. The molecule has 0 aliphatic heterocycles. The maximum Gasteiger partial charge on any atom is 0.271 e. The molecule has 4 nitrogen and oxygen atoms in total. The van der Waals surface area contributed by atoms with Crippen molar-refractivity contribution in [3.63, 3.8) is 0 Å². The van der Waals surface area contributed by atoms with E-state index in [0.29, 0.717) is 20.1 Å². The van der Waals surface area contributed by atoms with Crippen molar-refractivity contribution in [1.82, 2.24) is 5.43 Å². The SMILES string of the molecule is O=C(N/N=C\c1c(Br)cc(Br)c(O)c1Br)c1cccc(I)c1. The van der Waals surface area contributed by atoms with Gasteiger partial charge in [0, 0.05) is 19.2 Å². The average Bonchev–Trinajstić information content (AvgIpc) is 2.48. The van der Waals surface area contributed by atoms with E-state index in [4.69, 9.17) is 0 Å².